The molecule has 0 spiro atoms. The Morgan fingerprint density at radius 2 is 2.11 bits per heavy atom. The maximum absolute atomic E-state index is 5.01. The number of methoxy groups -OCH3 is 1. The van der Waals surface area contributed by atoms with E-state index in [2.05, 4.69) is 36.2 Å². The molecule has 94 valence electrons. The van der Waals surface area contributed by atoms with Gasteiger partial charge in [0.15, 0.2) is 0 Å². The topological polar surface area (TPSA) is 59.9 Å². The maximum Gasteiger partial charge on any atom is 0.212 e. The van der Waals surface area contributed by atoms with E-state index in [0.717, 1.165) is 21.7 Å². The molecule has 0 fully saturated rings. The third-order valence-electron chi connectivity index (χ3n) is 2.40. The molecule has 5 nitrogen and oxygen atoms in total. The van der Waals surface area contributed by atoms with Gasteiger partial charge in [-0.1, -0.05) is 6.07 Å². The summed E-state index contributed by atoms with van der Waals surface area (Å²) in [7, 11) is 3.42. The molecule has 0 saturated carbocycles. The van der Waals surface area contributed by atoms with Gasteiger partial charge in [-0.25, -0.2) is 15.0 Å². The van der Waals surface area contributed by atoms with Gasteiger partial charge in [-0.15, -0.1) is 0 Å². The molecule has 2 rings (SSSR count). The van der Waals surface area contributed by atoms with Crippen LogP contribution in [-0.4, -0.2) is 29.1 Å². The van der Waals surface area contributed by atoms with Crippen LogP contribution in [0.1, 0.15) is 11.4 Å². The van der Waals surface area contributed by atoms with Gasteiger partial charge in [-0.05, 0) is 21.5 Å². The fourth-order valence-electron chi connectivity index (χ4n) is 1.48. The van der Waals surface area contributed by atoms with Crippen molar-refractivity contribution in [3.05, 3.63) is 40.4 Å². The fraction of sp³-hybridized carbons (Fsp3) is 0.250. The van der Waals surface area contributed by atoms with Crippen LogP contribution in [-0.2, 0) is 6.42 Å². The molecular weight excluding hydrogens is 296 g/mol. The third kappa shape index (κ3) is 2.95. The number of nitrogens with zero attached hydrogens (tertiary/aromatic N) is 3. The number of nitrogens with one attached hydrogen (secondary N) is 1. The summed E-state index contributed by atoms with van der Waals surface area (Å²) in [5.41, 5.74) is 1.04. The first kappa shape index (κ1) is 12.8. The number of halogens is 1. The first-order valence-electron chi connectivity index (χ1n) is 5.41. The summed E-state index contributed by atoms with van der Waals surface area (Å²) in [5.74, 6) is 2.13. The molecule has 0 aliphatic carbocycles. The molecule has 0 aromatic carbocycles. The van der Waals surface area contributed by atoms with Crippen LogP contribution in [0.5, 0.6) is 5.88 Å². The second-order valence-electron chi connectivity index (χ2n) is 3.62. The number of pyridine rings is 1. The molecule has 2 aromatic heterocycles. The van der Waals surface area contributed by atoms with Gasteiger partial charge in [0.2, 0.25) is 5.88 Å². The molecule has 0 amide bonds. The number of anilines is 1. The van der Waals surface area contributed by atoms with Gasteiger partial charge in [0.25, 0.3) is 0 Å². The summed E-state index contributed by atoms with van der Waals surface area (Å²) in [6.45, 7) is 0. The molecule has 0 aliphatic heterocycles. The Labute approximate surface area is 114 Å². The summed E-state index contributed by atoms with van der Waals surface area (Å²) in [6, 6.07) is 3.78. The van der Waals surface area contributed by atoms with E-state index in [0.29, 0.717) is 12.3 Å². The van der Waals surface area contributed by atoms with Crippen molar-refractivity contribution in [1.82, 2.24) is 15.0 Å². The highest BCUT2D eigenvalue weighted by Crippen LogP contribution is 2.19. The molecule has 0 atom stereocenters. The highest BCUT2D eigenvalue weighted by molar-refractivity contribution is 9.10. The van der Waals surface area contributed by atoms with E-state index in [9.17, 15) is 0 Å². The Balaban J connectivity index is 2.17. The van der Waals surface area contributed by atoms with Gasteiger partial charge in [0, 0.05) is 31.9 Å². The van der Waals surface area contributed by atoms with Crippen molar-refractivity contribution in [2.45, 2.75) is 6.42 Å². The second kappa shape index (κ2) is 5.77. The van der Waals surface area contributed by atoms with E-state index in [1.165, 1.54) is 0 Å². The van der Waals surface area contributed by atoms with Crippen LogP contribution in [0.15, 0.2) is 29.0 Å². The zero-order valence-electron chi connectivity index (χ0n) is 10.1. The van der Waals surface area contributed by atoms with Crippen molar-refractivity contribution in [3.63, 3.8) is 0 Å². The normalized spacial score (nSPS) is 10.2. The molecule has 6 heteroatoms. The summed E-state index contributed by atoms with van der Waals surface area (Å²) < 4.78 is 5.86. The van der Waals surface area contributed by atoms with Gasteiger partial charge in [-0.2, -0.15) is 0 Å². The summed E-state index contributed by atoms with van der Waals surface area (Å²) in [4.78, 5) is 12.8. The Bertz CT molecular complexity index is 530. The minimum atomic E-state index is 0.603. The SMILES string of the molecule is CNc1nc(Cc2ccc(OC)nc2)ncc1Br. The molecule has 0 unspecified atom stereocenters. The van der Waals surface area contributed by atoms with E-state index in [1.54, 1.807) is 19.5 Å². The Hall–Kier alpha value is -1.69. The number of hydrogen-bond donors (Lipinski definition) is 1. The van der Waals surface area contributed by atoms with Crippen molar-refractivity contribution in [2.24, 2.45) is 0 Å². The maximum atomic E-state index is 5.01. The lowest BCUT2D eigenvalue weighted by atomic mass is 10.2. The minimum absolute atomic E-state index is 0.603. The highest BCUT2D eigenvalue weighted by atomic mass is 79.9. The van der Waals surface area contributed by atoms with Crippen LogP contribution in [0.4, 0.5) is 5.82 Å². The average molecular weight is 309 g/mol. The first-order chi connectivity index (χ1) is 8.72. The lowest BCUT2D eigenvalue weighted by Gasteiger charge is -2.05. The van der Waals surface area contributed by atoms with Crippen LogP contribution in [0, 0.1) is 0 Å². The second-order valence-corrected chi connectivity index (χ2v) is 4.47. The molecule has 0 aliphatic rings. The molecule has 18 heavy (non-hydrogen) atoms. The summed E-state index contributed by atoms with van der Waals surface area (Å²) in [6.07, 6.45) is 4.15. The molecule has 0 bridgehead atoms. The Kier molecular flexibility index (Phi) is 4.09. The van der Waals surface area contributed by atoms with Gasteiger partial charge < -0.3 is 10.1 Å². The third-order valence-corrected chi connectivity index (χ3v) is 2.98. The molecule has 2 heterocycles. The van der Waals surface area contributed by atoms with Crippen LogP contribution >= 0.6 is 15.9 Å². The van der Waals surface area contributed by atoms with E-state index in [1.807, 2.05) is 19.2 Å². The van der Waals surface area contributed by atoms with Crippen molar-refractivity contribution < 1.29 is 4.74 Å². The summed E-state index contributed by atoms with van der Waals surface area (Å²) in [5, 5.41) is 3.01. The van der Waals surface area contributed by atoms with Gasteiger partial charge in [0.05, 0.1) is 11.6 Å². The van der Waals surface area contributed by atoms with Gasteiger partial charge >= 0.3 is 0 Å². The molecule has 0 radical (unpaired) electrons. The quantitative estimate of drug-likeness (QED) is 0.939. The van der Waals surface area contributed by atoms with Crippen molar-refractivity contribution in [3.8, 4) is 5.88 Å². The monoisotopic (exact) mass is 308 g/mol. The van der Waals surface area contributed by atoms with Crippen LogP contribution < -0.4 is 10.1 Å². The lowest BCUT2D eigenvalue weighted by molar-refractivity contribution is 0.397. The molecular formula is C12H13BrN4O. The summed E-state index contributed by atoms with van der Waals surface area (Å²) >= 11 is 3.38. The van der Waals surface area contributed by atoms with E-state index in [-0.39, 0.29) is 0 Å². The van der Waals surface area contributed by atoms with E-state index >= 15 is 0 Å². The van der Waals surface area contributed by atoms with Crippen LogP contribution in [0.2, 0.25) is 0 Å². The Morgan fingerprint density at radius 3 is 2.72 bits per heavy atom. The number of aromatic nitrogens is 3. The lowest BCUT2D eigenvalue weighted by Crippen LogP contribution is -2.02. The van der Waals surface area contributed by atoms with Gasteiger partial charge in [0.1, 0.15) is 11.6 Å². The molecule has 2 aromatic rings. The Morgan fingerprint density at radius 1 is 1.28 bits per heavy atom. The number of ether oxygens (including phenoxy) is 1. The first-order valence-corrected chi connectivity index (χ1v) is 6.20. The predicted octanol–water partition coefficient (Wildman–Crippen LogP) is 2.28. The van der Waals surface area contributed by atoms with Crippen LogP contribution in [0.3, 0.4) is 0 Å². The number of rotatable bonds is 4. The predicted molar refractivity (Wildman–Crippen MR) is 72.9 cm³/mol. The standard InChI is InChI=1S/C12H13BrN4O/c1-14-12-9(13)7-15-10(17-12)5-8-3-4-11(18-2)16-6-8/h3-4,6-7H,5H2,1-2H3,(H,14,15,17). The van der Waals surface area contributed by atoms with E-state index in [4.69, 9.17) is 4.74 Å². The van der Waals surface area contributed by atoms with Gasteiger partial charge in [-0.3, -0.25) is 0 Å². The zero-order valence-corrected chi connectivity index (χ0v) is 11.7. The fourth-order valence-corrected chi connectivity index (χ4v) is 1.87. The van der Waals surface area contributed by atoms with Crippen molar-refractivity contribution in [2.75, 3.05) is 19.5 Å². The van der Waals surface area contributed by atoms with Crippen molar-refractivity contribution in [1.29, 1.82) is 0 Å². The highest BCUT2D eigenvalue weighted by Gasteiger charge is 2.05. The average Bonchev–Trinajstić information content (AvgIpc) is 2.42. The minimum Gasteiger partial charge on any atom is -0.481 e. The molecule has 0 saturated heterocycles. The van der Waals surface area contributed by atoms with Crippen molar-refractivity contribution >= 4 is 21.7 Å². The molecule has 1 N–H and O–H groups in total. The zero-order chi connectivity index (χ0) is 13.0. The largest absolute Gasteiger partial charge is 0.481 e. The number of hydrogen-bond acceptors (Lipinski definition) is 5. The van der Waals surface area contributed by atoms with Crippen LogP contribution in [0.25, 0.3) is 0 Å². The smallest absolute Gasteiger partial charge is 0.212 e. The van der Waals surface area contributed by atoms with E-state index < -0.39 is 0 Å².